The van der Waals surface area contributed by atoms with Crippen LogP contribution >= 0.6 is 50.7 Å². The molecule has 0 spiro atoms. The van der Waals surface area contributed by atoms with Gasteiger partial charge in [0, 0.05) is 20.4 Å². The zero-order chi connectivity index (χ0) is 14.3. The molecule has 20 heavy (non-hydrogen) atoms. The second-order valence-electron chi connectivity index (χ2n) is 4.12. The number of hydrogen-bond donors (Lipinski definition) is 0. The highest BCUT2D eigenvalue weighted by atomic mass is 79.9. The fourth-order valence-electron chi connectivity index (χ4n) is 1.86. The molecule has 0 bridgehead atoms. The van der Waals surface area contributed by atoms with Gasteiger partial charge in [-0.25, -0.2) is 9.97 Å². The Bertz CT molecular complexity index is 821. The molecule has 3 rings (SSSR count). The highest BCUT2D eigenvalue weighted by molar-refractivity contribution is 9.10. The van der Waals surface area contributed by atoms with Crippen molar-refractivity contribution in [2.45, 2.75) is 0 Å². The zero-order valence-corrected chi connectivity index (χ0v) is 13.7. The molecule has 100 valence electrons. The number of hydrogen-bond acceptors (Lipinski definition) is 2. The molecule has 0 aliphatic carbocycles. The average molecular weight is 388 g/mol. The second-order valence-corrected chi connectivity index (χ2v) is 6.24. The van der Waals surface area contributed by atoms with Crippen LogP contribution in [0.5, 0.6) is 0 Å². The Labute approximate surface area is 138 Å². The first-order valence-electron chi connectivity index (χ1n) is 5.63. The molecule has 0 saturated carbocycles. The fourth-order valence-corrected chi connectivity index (χ4v) is 2.94. The molecular formula is C14H6BrCl3N2. The Balaban J connectivity index is 2.26. The van der Waals surface area contributed by atoms with Gasteiger partial charge in [0.2, 0.25) is 0 Å². The van der Waals surface area contributed by atoms with Crippen molar-refractivity contribution in [3.8, 4) is 11.4 Å². The predicted octanol–water partition coefficient (Wildman–Crippen LogP) is 6.02. The molecule has 3 aromatic rings. The van der Waals surface area contributed by atoms with Crippen LogP contribution in [-0.2, 0) is 0 Å². The normalized spacial score (nSPS) is 11.0. The summed E-state index contributed by atoms with van der Waals surface area (Å²) in [6.45, 7) is 0. The Hall–Kier alpha value is -0.870. The molecular weight excluding hydrogens is 382 g/mol. The second kappa shape index (κ2) is 5.49. The number of benzene rings is 2. The average Bonchev–Trinajstić information content (AvgIpc) is 2.37. The van der Waals surface area contributed by atoms with Crippen molar-refractivity contribution >= 4 is 61.6 Å². The van der Waals surface area contributed by atoms with E-state index >= 15 is 0 Å². The molecule has 0 radical (unpaired) electrons. The van der Waals surface area contributed by atoms with E-state index in [1.807, 2.05) is 18.2 Å². The summed E-state index contributed by atoms with van der Waals surface area (Å²) in [6, 6.07) is 10.8. The van der Waals surface area contributed by atoms with Crippen molar-refractivity contribution in [1.29, 1.82) is 0 Å². The topological polar surface area (TPSA) is 25.8 Å². The van der Waals surface area contributed by atoms with Gasteiger partial charge in [0.1, 0.15) is 5.15 Å². The summed E-state index contributed by atoms with van der Waals surface area (Å²) in [6.07, 6.45) is 0. The van der Waals surface area contributed by atoms with Crippen LogP contribution in [0.1, 0.15) is 0 Å². The Morgan fingerprint density at radius 3 is 2.45 bits per heavy atom. The van der Waals surface area contributed by atoms with Crippen LogP contribution in [0.2, 0.25) is 15.2 Å². The number of aromatic nitrogens is 2. The minimum absolute atomic E-state index is 0.392. The quantitative estimate of drug-likeness (QED) is 0.477. The Kier molecular flexibility index (Phi) is 3.87. The highest BCUT2D eigenvalue weighted by Gasteiger charge is 2.11. The molecule has 2 aromatic carbocycles. The van der Waals surface area contributed by atoms with Crippen LogP contribution in [-0.4, -0.2) is 9.97 Å². The van der Waals surface area contributed by atoms with E-state index in [0.29, 0.717) is 26.6 Å². The molecule has 0 unspecified atom stereocenters. The SMILES string of the molecule is Clc1ccc(-c2nc(Cl)c3ccc(Br)cc3n2)c(Cl)c1. The third-order valence-electron chi connectivity index (χ3n) is 2.78. The van der Waals surface area contributed by atoms with Gasteiger partial charge in [0.15, 0.2) is 5.82 Å². The van der Waals surface area contributed by atoms with Crippen LogP contribution in [0, 0.1) is 0 Å². The lowest BCUT2D eigenvalue weighted by Crippen LogP contribution is -1.92. The first kappa shape index (κ1) is 14.1. The number of fused-ring (bicyclic) bond motifs is 1. The summed E-state index contributed by atoms with van der Waals surface area (Å²) in [4.78, 5) is 8.81. The summed E-state index contributed by atoms with van der Waals surface area (Å²) < 4.78 is 0.924. The van der Waals surface area contributed by atoms with Gasteiger partial charge in [-0.15, -0.1) is 0 Å². The van der Waals surface area contributed by atoms with Gasteiger partial charge in [-0.3, -0.25) is 0 Å². The van der Waals surface area contributed by atoms with Gasteiger partial charge in [-0.05, 0) is 36.4 Å². The molecule has 0 aliphatic heterocycles. The van der Waals surface area contributed by atoms with Crippen molar-refractivity contribution < 1.29 is 0 Å². The number of rotatable bonds is 1. The molecule has 0 atom stereocenters. The van der Waals surface area contributed by atoms with Crippen molar-refractivity contribution in [2.24, 2.45) is 0 Å². The van der Waals surface area contributed by atoms with E-state index in [4.69, 9.17) is 34.8 Å². The van der Waals surface area contributed by atoms with Crippen LogP contribution in [0.15, 0.2) is 40.9 Å². The summed E-state index contributed by atoms with van der Waals surface area (Å²) in [5, 5.41) is 2.24. The van der Waals surface area contributed by atoms with E-state index in [1.165, 1.54) is 0 Å². The van der Waals surface area contributed by atoms with Crippen molar-refractivity contribution in [3.63, 3.8) is 0 Å². The van der Waals surface area contributed by atoms with Crippen LogP contribution in [0.25, 0.3) is 22.3 Å². The lowest BCUT2D eigenvalue weighted by molar-refractivity contribution is 1.23. The molecule has 1 aromatic heterocycles. The van der Waals surface area contributed by atoms with Gasteiger partial charge in [-0.1, -0.05) is 50.7 Å². The lowest BCUT2D eigenvalue weighted by Gasteiger charge is -2.07. The minimum Gasteiger partial charge on any atom is -0.228 e. The summed E-state index contributed by atoms with van der Waals surface area (Å²) in [5.74, 6) is 0.474. The number of nitrogens with zero attached hydrogens (tertiary/aromatic N) is 2. The Morgan fingerprint density at radius 2 is 1.70 bits per heavy atom. The fraction of sp³-hybridized carbons (Fsp3) is 0. The maximum Gasteiger partial charge on any atom is 0.162 e. The molecule has 6 heteroatoms. The van der Waals surface area contributed by atoms with Crippen molar-refractivity contribution in [3.05, 3.63) is 56.1 Å². The van der Waals surface area contributed by atoms with Crippen molar-refractivity contribution in [2.75, 3.05) is 0 Å². The summed E-state index contributed by atoms with van der Waals surface area (Å²) in [7, 11) is 0. The highest BCUT2D eigenvalue weighted by Crippen LogP contribution is 2.31. The summed E-state index contributed by atoms with van der Waals surface area (Å²) >= 11 is 21.7. The first-order valence-corrected chi connectivity index (χ1v) is 7.55. The van der Waals surface area contributed by atoms with Gasteiger partial charge in [0.25, 0.3) is 0 Å². The van der Waals surface area contributed by atoms with Gasteiger partial charge >= 0.3 is 0 Å². The molecule has 0 N–H and O–H groups in total. The molecule has 0 saturated heterocycles. The minimum atomic E-state index is 0.392. The van der Waals surface area contributed by atoms with E-state index in [1.54, 1.807) is 18.2 Å². The van der Waals surface area contributed by atoms with Gasteiger partial charge < -0.3 is 0 Å². The third kappa shape index (κ3) is 2.63. The Morgan fingerprint density at radius 1 is 0.900 bits per heavy atom. The van der Waals surface area contributed by atoms with E-state index in [0.717, 1.165) is 15.4 Å². The van der Waals surface area contributed by atoms with Crippen molar-refractivity contribution in [1.82, 2.24) is 9.97 Å². The van der Waals surface area contributed by atoms with E-state index in [2.05, 4.69) is 25.9 Å². The largest absolute Gasteiger partial charge is 0.228 e. The van der Waals surface area contributed by atoms with E-state index < -0.39 is 0 Å². The molecule has 0 fully saturated rings. The van der Waals surface area contributed by atoms with Gasteiger partial charge in [-0.2, -0.15) is 0 Å². The first-order chi connectivity index (χ1) is 9.54. The van der Waals surface area contributed by atoms with Gasteiger partial charge in [0.05, 0.1) is 10.5 Å². The molecule has 2 nitrogen and oxygen atoms in total. The van der Waals surface area contributed by atoms with E-state index in [-0.39, 0.29) is 0 Å². The number of halogens is 4. The van der Waals surface area contributed by atoms with E-state index in [9.17, 15) is 0 Å². The van der Waals surface area contributed by atoms with Crippen LogP contribution in [0.4, 0.5) is 0 Å². The molecule has 1 heterocycles. The van der Waals surface area contributed by atoms with Crippen LogP contribution < -0.4 is 0 Å². The monoisotopic (exact) mass is 386 g/mol. The predicted molar refractivity (Wildman–Crippen MR) is 87.7 cm³/mol. The smallest absolute Gasteiger partial charge is 0.162 e. The molecule has 0 amide bonds. The molecule has 0 aliphatic rings. The maximum absolute atomic E-state index is 6.21. The standard InChI is InChI=1S/C14H6BrCl3N2/c15-7-1-3-10-12(5-7)19-14(20-13(10)18)9-4-2-8(16)6-11(9)17/h1-6H. The zero-order valence-electron chi connectivity index (χ0n) is 9.87. The summed E-state index contributed by atoms with van der Waals surface area (Å²) in [5.41, 5.74) is 1.44. The lowest BCUT2D eigenvalue weighted by atomic mass is 10.2. The maximum atomic E-state index is 6.21. The van der Waals surface area contributed by atoms with Crippen LogP contribution in [0.3, 0.4) is 0 Å². The third-order valence-corrected chi connectivity index (χ3v) is 4.11.